The second kappa shape index (κ2) is 15.5. The number of aromatic nitrogens is 3. The summed E-state index contributed by atoms with van der Waals surface area (Å²) in [7, 11) is 3.41. The first-order valence-corrected chi connectivity index (χ1v) is 17.7. The molecule has 0 spiro atoms. The molecule has 2 aromatic heterocycles. The van der Waals surface area contributed by atoms with E-state index in [4.69, 9.17) is 24.3 Å². The van der Waals surface area contributed by atoms with Crippen LogP contribution in [0.4, 0.5) is 0 Å². The average Bonchev–Trinajstić information content (AvgIpc) is 3.39. The van der Waals surface area contributed by atoms with Gasteiger partial charge in [-0.1, -0.05) is 26.0 Å². The molecule has 11 heteroatoms. The van der Waals surface area contributed by atoms with Crippen LogP contribution in [0.5, 0.6) is 11.5 Å². The number of aryl methyl sites for hydroxylation is 1. The zero-order chi connectivity index (χ0) is 36.2. The highest BCUT2D eigenvalue weighted by Gasteiger charge is 2.62. The molecule has 5 rings (SSSR count). The van der Waals surface area contributed by atoms with Crippen molar-refractivity contribution in [3.63, 3.8) is 0 Å². The summed E-state index contributed by atoms with van der Waals surface area (Å²) in [5.41, 5.74) is 1.33. The molecule has 1 aromatic carbocycles. The summed E-state index contributed by atoms with van der Waals surface area (Å²) in [5.74, 6) is -0.448. The molecule has 50 heavy (non-hydrogen) atoms. The van der Waals surface area contributed by atoms with Crippen LogP contribution in [0.15, 0.2) is 55.8 Å². The van der Waals surface area contributed by atoms with Gasteiger partial charge >= 0.3 is 5.97 Å². The van der Waals surface area contributed by atoms with E-state index in [2.05, 4.69) is 32.3 Å². The fraction of sp³-hybridized carbons (Fsp3) is 0.513. The highest BCUT2D eigenvalue weighted by molar-refractivity contribution is 5.95. The van der Waals surface area contributed by atoms with Crippen molar-refractivity contribution in [3.05, 3.63) is 67.0 Å². The van der Waals surface area contributed by atoms with Gasteiger partial charge in [0.05, 0.1) is 36.8 Å². The maximum absolute atomic E-state index is 14.1. The number of benzene rings is 1. The van der Waals surface area contributed by atoms with Crippen molar-refractivity contribution in [1.29, 1.82) is 0 Å². The summed E-state index contributed by atoms with van der Waals surface area (Å²) >= 11 is 0. The number of pyridine rings is 1. The lowest BCUT2D eigenvalue weighted by Crippen LogP contribution is -2.50. The molecule has 0 aliphatic heterocycles. The van der Waals surface area contributed by atoms with Crippen LogP contribution in [-0.4, -0.2) is 76.4 Å². The van der Waals surface area contributed by atoms with Crippen molar-refractivity contribution >= 4 is 28.7 Å². The number of nitrogens with one attached hydrogen (secondary N) is 1. The molecule has 0 unspecified atom stereocenters. The van der Waals surface area contributed by atoms with Crippen molar-refractivity contribution in [2.75, 3.05) is 27.3 Å². The van der Waals surface area contributed by atoms with Crippen LogP contribution < -0.4 is 14.8 Å². The van der Waals surface area contributed by atoms with Crippen LogP contribution >= 0.6 is 0 Å². The number of ether oxygens (including phenoxy) is 3. The minimum absolute atomic E-state index is 0.116. The number of amides is 2. The molecule has 1 N–H and O–H groups in total. The Hall–Kier alpha value is -4.67. The van der Waals surface area contributed by atoms with Crippen molar-refractivity contribution < 1.29 is 28.6 Å². The molecule has 2 heterocycles. The third-order valence-electron chi connectivity index (χ3n) is 10.1. The SMILES string of the molecule is C=CCCCCN(C)C(=O)[C@@H]1C[C@H](Oc2cc(-n3ccc(C(C)C)n3)nc3c(C)c(OC)ccc23)C[C@H]1C(=O)N[C@]1(C(=O)OCC)C[C@H]1C=C. The van der Waals surface area contributed by atoms with Crippen molar-refractivity contribution in [1.82, 2.24) is 25.0 Å². The summed E-state index contributed by atoms with van der Waals surface area (Å²) in [5, 5.41) is 8.53. The lowest BCUT2D eigenvalue weighted by atomic mass is 9.93. The van der Waals surface area contributed by atoms with Crippen LogP contribution in [0, 0.1) is 24.7 Å². The quantitative estimate of drug-likeness (QED) is 0.109. The summed E-state index contributed by atoms with van der Waals surface area (Å²) in [6.45, 7) is 16.3. The van der Waals surface area contributed by atoms with Gasteiger partial charge in [-0.15, -0.1) is 13.2 Å². The third kappa shape index (κ3) is 7.41. The lowest BCUT2D eigenvalue weighted by molar-refractivity contribution is -0.150. The molecule has 268 valence electrons. The van der Waals surface area contributed by atoms with E-state index in [1.807, 2.05) is 43.5 Å². The Kier molecular flexibility index (Phi) is 11.3. The molecule has 11 nitrogen and oxygen atoms in total. The second-order valence-electron chi connectivity index (χ2n) is 13.8. The number of hydrogen-bond acceptors (Lipinski definition) is 8. The van der Waals surface area contributed by atoms with E-state index in [0.29, 0.717) is 42.2 Å². The molecule has 0 saturated heterocycles. The van der Waals surface area contributed by atoms with E-state index in [9.17, 15) is 14.4 Å². The minimum atomic E-state index is -1.16. The first-order valence-electron chi connectivity index (χ1n) is 17.7. The fourth-order valence-electron chi connectivity index (χ4n) is 7.01. The molecule has 0 radical (unpaired) electrons. The first kappa shape index (κ1) is 36.6. The number of allylic oxidation sites excluding steroid dienone is 1. The Bertz CT molecular complexity index is 1750. The number of carbonyl (C=O) groups excluding carboxylic acids is 3. The average molecular weight is 686 g/mol. The van der Waals surface area contributed by atoms with Crippen molar-refractivity contribution in [2.24, 2.45) is 17.8 Å². The van der Waals surface area contributed by atoms with E-state index in [1.54, 1.807) is 36.7 Å². The third-order valence-corrected chi connectivity index (χ3v) is 10.1. The smallest absolute Gasteiger partial charge is 0.332 e. The van der Waals surface area contributed by atoms with Gasteiger partial charge in [-0.2, -0.15) is 5.10 Å². The number of nitrogens with zero attached hydrogens (tertiary/aromatic N) is 4. The number of unbranched alkanes of at least 4 members (excludes halogenated alkanes) is 2. The van der Waals surface area contributed by atoms with Gasteiger partial charge in [0.2, 0.25) is 11.8 Å². The number of carbonyl (C=O) groups is 3. The Morgan fingerprint density at radius 2 is 1.90 bits per heavy atom. The van der Waals surface area contributed by atoms with Gasteiger partial charge < -0.3 is 24.4 Å². The van der Waals surface area contributed by atoms with Crippen LogP contribution in [0.1, 0.15) is 76.5 Å². The predicted molar refractivity (Wildman–Crippen MR) is 192 cm³/mol. The van der Waals surface area contributed by atoms with Gasteiger partial charge in [-0.05, 0) is 76.5 Å². The second-order valence-corrected chi connectivity index (χ2v) is 13.8. The first-order chi connectivity index (χ1) is 24.0. The molecule has 2 fully saturated rings. The van der Waals surface area contributed by atoms with Gasteiger partial charge in [0.25, 0.3) is 0 Å². The highest BCUT2D eigenvalue weighted by Crippen LogP contribution is 2.47. The van der Waals surface area contributed by atoms with E-state index in [-0.39, 0.29) is 36.7 Å². The predicted octanol–water partition coefficient (Wildman–Crippen LogP) is 6.07. The lowest BCUT2D eigenvalue weighted by Gasteiger charge is -2.26. The van der Waals surface area contributed by atoms with Crippen LogP contribution in [0.3, 0.4) is 0 Å². The van der Waals surface area contributed by atoms with Gasteiger partial charge in [-0.3, -0.25) is 9.59 Å². The van der Waals surface area contributed by atoms with Crippen LogP contribution in [0.25, 0.3) is 16.7 Å². The van der Waals surface area contributed by atoms with E-state index < -0.39 is 29.4 Å². The molecular weight excluding hydrogens is 634 g/mol. The summed E-state index contributed by atoms with van der Waals surface area (Å²) in [6, 6.07) is 7.63. The van der Waals surface area contributed by atoms with Gasteiger partial charge in [0.1, 0.15) is 23.1 Å². The molecular formula is C39H51N5O6. The van der Waals surface area contributed by atoms with E-state index in [1.165, 1.54) is 0 Å². The highest BCUT2D eigenvalue weighted by atomic mass is 16.5. The topological polar surface area (TPSA) is 125 Å². The van der Waals surface area contributed by atoms with Gasteiger partial charge in [0.15, 0.2) is 5.82 Å². The molecule has 0 bridgehead atoms. The van der Waals surface area contributed by atoms with E-state index in [0.717, 1.165) is 35.9 Å². The summed E-state index contributed by atoms with van der Waals surface area (Å²) < 4.78 is 19.5. The largest absolute Gasteiger partial charge is 0.496 e. The zero-order valence-corrected chi connectivity index (χ0v) is 30.2. The summed E-state index contributed by atoms with van der Waals surface area (Å²) in [4.78, 5) is 47.8. The minimum Gasteiger partial charge on any atom is -0.496 e. The normalized spacial score (nSPS) is 22.6. The number of methoxy groups -OCH3 is 1. The molecule has 2 saturated carbocycles. The standard InChI is InChI=1S/C39H51N5O6/c1-9-12-13-14-18-43(7)37(46)30-21-27(20-29(30)36(45)41-39(23-26(39)10-2)38(47)49-11-3)50-33-22-34(44-19-17-31(42-44)24(4)5)40-35-25(6)32(48-8)16-15-28(33)35/h9-10,15-17,19,22,24,26-27,29-30H,1-2,11-14,18,20-21,23H2,3-8H3,(H,41,45)/t26-,27-,29-,30-,39-/m1/s1. The Balaban J connectivity index is 1.47. The maximum Gasteiger partial charge on any atom is 0.332 e. The molecule has 2 aliphatic carbocycles. The van der Waals surface area contributed by atoms with Crippen LogP contribution in [0.2, 0.25) is 0 Å². The van der Waals surface area contributed by atoms with Gasteiger partial charge in [0, 0.05) is 42.7 Å². The molecule has 3 aromatic rings. The number of fused-ring (bicyclic) bond motifs is 1. The number of rotatable bonds is 16. The van der Waals surface area contributed by atoms with E-state index >= 15 is 0 Å². The zero-order valence-electron chi connectivity index (χ0n) is 30.2. The van der Waals surface area contributed by atoms with Crippen molar-refractivity contribution in [2.45, 2.75) is 83.8 Å². The molecule has 5 atom stereocenters. The van der Waals surface area contributed by atoms with Gasteiger partial charge in [-0.25, -0.2) is 14.5 Å². The molecule has 2 aliphatic rings. The number of esters is 1. The fourth-order valence-corrected chi connectivity index (χ4v) is 7.01. The Morgan fingerprint density at radius 3 is 2.54 bits per heavy atom. The summed E-state index contributed by atoms with van der Waals surface area (Å²) in [6.07, 6.45) is 8.61. The number of hydrogen-bond donors (Lipinski definition) is 1. The van der Waals surface area contributed by atoms with Crippen molar-refractivity contribution in [3.8, 4) is 17.3 Å². The Labute approximate surface area is 295 Å². The Morgan fingerprint density at radius 1 is 1.14 bits per heavy atom. The molecule has 2 amide bonds. The maximum atomic E-state index is 14.1. The monoisotopic (exact) mass is 685 g/mol. The van der Waals surface area contributed by atoms with Crippen LogP contribution in [-0.2, 0) is 19.1 Å².